The second-order valence-electron chi connectivity index (χ2n) is 22.0. The van der Waals surface area contributed by atoms with E-state index < -0.39 is 23.9 Å². The van der Waals surface area contributed by atoms with E-state index in [4.69, 9.17) is 30.4 Å². The van der Waals surface area contributed by atoms with Crippen molar-refractivity contribution in [1.82, 2.24) is 19.9 Å². The van der Waals surface area contributed by atoms with Crippen LogP contribution >= 0.6 is 0 Å². The highest BCUT2D eigenvalue weighted by Gasteiger charge is 2.21. The summed E-state index contributed by atoms with van der Waals surface area (Å²) in [5.41, 5.74) is 14.4. The highest BCUT2D eigenvalue weighted by molar-refractivity contribution is 5.99. The number of fused-ring (bicyclic) bond motifs is 8. The molecule has 9 heterocycles. The van der Waals surface area contributed by atoms with Gasteiger partial charge in [0.15, 0.2) is 49.6 Å². The largest absolute Gasteiger partial charge is 1.00 e. The molecule has 0 atom stereocenters. The van der Waals surface area contributed by atoms with E-state index in [0.717, 1.165) is 193 Å². The molecular formula is C68H78Br4N8O8. The first-order chi connectivity index (χ1) is 40.9. The Balaban J connectivity index is 0.00000353. The highest BCUT2D eigenvalue weighted by Crippen LogP contribution is 2.38. The molecule has 0 saturated carbocycles. The van der Waals surface area contributed by atoms with Crippen LogP contribution in [0.1, 0.15) is 151 Å². The van der Waals surface area contributed by atoms with Crippen molar-refractivity contribution >= 4 is 70.2 Å². The molecule has 7 aromatic heterocycles. The number of nitrogens with zero attached hydrogens (tertiary/aromatic N) is 6. The van der Waals surface area contributed by atoms with Crippen LogP contribution in [0.2, 0.25) is 0 Å². The minimum Gasteiger partial charge on any atom is -1.00 e. The molecule has 0 unspecified atom stereocenters. The molecule has 0 aliphatic carbocycles. The van der Waals surface area contributed by atoms with Gasteiger partial charge in [-0.15, -0.1) is 0 Å². The van der Waals surface area contributed by atoms with Crippen molar-refractivity contribution in [3.63, 3.8) is 0 Å². The number of hydrogen-bond acceptors (Lipinski definition) is 6. The number of carbonyl (C=O) groups is 4. The monoisotopic (exact) mass is 1450 g/mol. The first-order valence-corrected chi connectivity index (χ1v) is 30.0. The summed E-state index contributed by atoms with van der Waals surface area (Å²) < 4.78 is 8.71. The molecule has 0 spiro atoms. The number of carboxylic acid groups (broad SMARTS) is 4. The topological polar surface area (TPSA) is 222 Å². The third-order valence-corrected chi connectivity index (χ3v) is 15.7. The summed E-state index contributed by atoms with van der Waals surface area (Å²) in [6.07, 6.45) is 39.8. The van der Waals surface area contributed by atoms with Crippen LogP contribution in [-0.2, 0) is 45.4 Å². The van der Waals surface area contributed by atoms with Crippen LogP contribution in [0.5, 0.6) is 0 Å². The number of halogens is 4. The molecule has 2 aliphatic rings. The zero-order chi connectivity index (χ0) is 58.6. The van der Waals surface area contributed by atoms with Crippen LogP contribution < -0.4 is 86.2 Å². The standard InChI is InChI=1S/C68H74N8O8.4BrH/c77-61(78)17-9-1-5-13-37-73-41-29-49(30-42-73)65-53-21-23-55(69-53)66(50-31-43-74(44-32-50)38-14-6-2-10-18-62(79)80)57-25-27-59(71-57)68(52-35-47-76(48-36-52)40-16-8-4-12-20-64(83)84)60-28-26-58(72-60)67(56-24-22-54(65)70-56)51-33-45-75(46-34-51)39-15-7-3-11-19-63(81)82;;;;/h21-36,41-48H,1-20,37-40H2,(H2-3,69,70,71,72,77,78,79,80,81,82,83,84);4*1H. The van der Waals surface area contributed by atoms with E-state index >= 15 is 0 Å². The number of rotatable bonds is 32. The predicted octanol–water partition coefficient (Wildman–Crippen LogP) is 0.630. The van der Waals surface area contributed by atoms with Crippen molar-refractivity contribution in [3.05, 3.63) is 145 Å². The Bertz CT molecular complexity index is 3200. The third kappa shape index (κ3) is 20.5. The molecule has 7 aromatic rings. The van der Waals surface area contributed by atoms with Gasteiger partial charge in [0.1, 0.15) is 26.2 Å². The molecule has 0 amide bonds. The first kappa shape index (κ1) is 71.8. The Morgan fingerprint density at radius 2 is 0.489 bits per heavy atom. The van der Waals surface area contributed by atoms with Crippen molar-refractivity contribution in [2.75, 3.05) is 0 Å². The zero-order valence-corrected chi connectivity index (χ0v) is 55.8. The molecule has 0 saturated heterocycles. The van der Waals surface area contributed by atoms with E-state index in [-0.39, 0.29) is 93.6 Å². The predicted molar refractivity (Wildman–Crippen MR) is 324 cm³/mol. The molecule has 88 heavy (non-hydrogen) atoms. The summed E-state index contributed by atoms with van der Waals surface area (Å²) in [7, 11) is 0. The van der Waals surface area contributed by atoms with Gasteiger partial charge in [-0.3, -0.25) is 19.2 Å². The molecular weight excluding hydrogens is 1380 g/mol. The van der Waals surface area contributed by atoms with Gasteiger partial charge in [0.25, 0.3) is 0 Å². The fourth-order valence-corrected chi connectivity index (χ4v) is 11.2. The number of aromatic amines is 2. The Kier molecular flexibility index (Phi) is 29.7. The summed E-state index contributed by atoms with van der Waals surface area (Å²) in [4.78, 5) is 63.1. The lowest BCUT2D eigenvalue weighted by Crippen LogP contribution is -3.00. The van der Waals surface area contributed by atoms with Gasteiger partial charge in [-0.1, -0.05) is 25.7 Å². The van der Waals surface area contributed by atoms with Crippen molar-refractivity contribution in [2.24, 2.45) is 0 Å². The zero-order valence-electron chi connectivity index (χ0n) is 49.4. The first-order valence-electron chi connectivity index (χ1n) is 30.0. The van der Waals surface area contributed by atoms with Crippen molar-refractivity contribution in [1.29, 1.82) is 0 Å². The number of H-pyrrole nitrogens is 2. The van der Waals surface area contributed by atoms with E-state index in [9.17, 15) is 19.2 Å². The van der Waals surface area contributed by atoms with E-state index in [2.05, 4.69) is 175 Å². The molecule has 466 valence electrons. The van der Waals surface area contributed by atoms with Crippen molar-refractivity contribution < 1.29 is 126 Å². The number of carboxylic acids is 4. The van der Waals surface area contributed by atoms with Crippen molar-refractivity contribution in [3.8, 4) is 44.5 Å². The Morgan fingerprint density at radius 3 is 0.682 bits per heavy atom. The maximum absolute atomic E-state index is 11.1. The molecule has 8 bridgehead atoms. The third-order valence-electron chi connectivity index (χ3n) is 15.7. The molecule has 0 radical (unpaired) electrons. The second-order valence-corrected chi connectivity index (χ2v) is 22.0. The maximum atomic E-state index is 11.1. The summed E-state index contributed by atoms with van der Waals surface area (Å²) in [6.45, 7) is 3.25. The van der Waals surface area contributed by atoms with E-state index in [1.165, 1.54) is 0 Å². The molecule has 16 nitrogen and oxygen atoms in total. The second kappa shape index (κ2) is 36.5. The lowest BCUT2D eigenvalue weighted by atomic mass is 10.0. The lowest BCUT2D eigenvalue weighted by Gasteiger charge is -2.07. The minimum absolute atomic E-state index is 0. The number of hydrogen-bond donors (Lipinski definition) is 6. The van der Waals surface area contributed by atoms with Crippen LogP contribution in [0.3, 0.4) is 0 Å². The van der Waals surface area contributed by atoms with Crippen LogP contribution in [0.25, 0.3) is 90.9 Å². The van der Waals surface area contributed by atoms with Gasteiger partial charge in [0, 0.05) is 144 Å². The van der Waals surface area contributed by atoms with Gasteiger partial charge in [0.05, 0.1) is 22.8 Å². The number of aliphatic carboxylic acids is 4. The number of aryl methyl sites for hydroxylation is 4. The van der Waals surface area contributed by atoms with Gasteiger partial charge in [-0.05, 0) is 122 Å². The number of unbranched alkanes of at least 4 members (excludes halogenated alkanes) is 12. The van der Waals surface area contributed by atoms with Gasteiger partial charge < -0.3 is 98.3 Å². The fourth-order valence-electron chi connectivity index (χ4n) is 11.2. The number of pyridine rings is 4. The normalized spacial score (nSPS) is 11.3. The average Bonchev–Trinajstić information content (AvgIpc) is 1.77. The SMILES string of the molecule is O=C(O)CCCCCC[n+]1ccc(-c2c3nc(c(-c4cc[n+](CCCCCCC(=O)O)cc4)c4ccc([nH]4)c(-c4cc[n+](CCCCCCC(=O)O)cc4)c4nc(c(-c5cc[n+](CCCCCCC(=O)O)cc5)c5ccc2[nH]5)C=C4)C=C3)cc1.[Br-].[Br-].[Br-].[Br-]. The summed E-state index contributed by atoms with van der Waals surface area (Å²) >= 11 is 0. The van der Waals surface area contributed by atoms with Crippen LogP contribution in [-0.4, -0.2) is 64.2 Å². The molecule has 20 heteroatoms. The van der Waals surface area contributed by atoms with Crippen LogP contribution in [0, 0.1) is 0 Å². The molecule has 9 rings (SSSR count). The number of nitrogens with one attached hydrogen (secondary N) is 2. The van der Waals surface area contributed by atoms with E-state index in [0.29, 0.717) is 25.7 Å². The number of aromatic nitrogens is 8. The smallest absolute Gasteiger partial charge is 0.303 e. The Labute approximate surface area is 556 Å². The van der Waals surface area contributed by atoms with Gasteiger partial charge in [-0.25, -0.2) is 28.2 Å². The minimum atomic E-state index is -0.755. The molecule has 0 fully saturated rings. The van der Waals surface area contributed by atoms with Gasteiger partial charge in [0.2, 0.25) is 0 Å². The maximum Gasteiger partial charge on any atom is 0.303 e. The van der Waals surface area contributed by atoms with Crippen LogP contribution in [0.4, 0.5) is 0 Å². The highest BCUT2D eigenvalue weighted by atomic mass is 79.9. The van der Waals surface area contributed by atoms with Gasteiger partial charge in [-0.2, -0.15) is 0 Å². The average molecular weight is 1460 g/mol. The Hall–Kier alpha value is -7.00. The summed E-state index contributed by atoms with van der Waals surface area (Å²) in [6, 6.07) is 25.6. The molecule has 2 aliphatic heterocycles. The van der Waals surface area contributed by atoms with Gasteiger partial charge >= 0.3 is 23.9 Å². The molecule has 6 N–H and O–H groups in total. The fraction of sp³-hybridized carbons (Fsp3) is 0.353. The van der Waals surface area contributed by atoms with Crippen molar-refractivity contribution in [2.45, 2.75) is 155 Å². The molecule has 0 aromatic carbocycles. The quantitative estimate of drug-likeness (QED) is 0.0255. The van der Waals surface area contributed by atoms with E-state index in [1.807, 2.05) is 0 Å². The lowest BCUT2D eigenvalue weighted by molar-refractivity contribution is -0.697. The van der Waals surface area contributed by atoms with E-state index in [1.54, 1.807) is 0 Å². The Morgan fingerprint density at radius 1 is 0.295 bits per heavy atom. The van der Waals surface area contributed by atoms with Crippen LogP contribution in [0.15, 0.2) is 122 Å². The summed E-state index contributed by atoms with van der Waals surface area (Å²) in [5, 5.41) is 36.4. The summed E-state index contributed by atoms with van der Waals surface area (Å²) in [5.74, 6) is -3.02.